The lowest BCUT2D eigenvalue weighted by Crippen LogP contribution is -2.38. The van der Waals surface area contributed by atoms with Crippen molar-refractivity contribution in [3.8, 4) is 0 Å². The first-order valence-corrected chi connectivity index (χ1v) is 9.73. The molecular formula is C18H24N4O3S. The first-order chi connectivity index (χ1) is 12.6. The van der Waals surface area contributed by atoms with Crippen LogP contribution < -0.4 is 15.8 Å². The second-order valence-electron chi connectivity index (χ2n) is 6.23. The molecule has 1 saturated heterocycles. The van der Waals surface area contributed by atoms with Gasteiger partial charge in [0.05, 0.1) is 13.2 Å². The first-order valence-electron chi connectivity index (χ1n) is 8.85. The molecule has 2 N–H and O–H groups in total. The number of aryl methyl sites for hydroxylation is 1. The summed E-state index contributed by atoms with van der Waals surface area (Å²) in [4.78, 5) is 35.0. The van der Waals surface area contributed by atoms with E-state index >= 15 is 0 Å². The van der Waals surface area contributed by atoms with Crippen LogP contribution in [0.5, 0.6) is 0 Å². The Morgan fingerprint density at radius 2 is 2.19 bits per heavy atom. The highest BCUT2D eigenvalue weighted by molar-refractivity contribution is 7.09. The number of thiophene rings is 1. The normalized spacial score (nSPS) is 14.4. The lowest BCUT2D eigenvalue weighted by Gasteiger charge is -2.27. The first kappa shape index (κ1) is 18.6. The summed E-state index contributed by atoms with van der Waals surface area (Å²) < 4.78 is 5.32. The Labute approximate surface area is 156 Å². The zero-order valence-corrected chi connectivity index (χ0v) is 15.7. The maximum absolute atomic E-state index is 12.4. The molecule has 8 heteroatoms. The van der Waals surface area contributed by atoms with Crippen LogP contribution in [0, 0.1) is 6.92 Å². The SMILES string of the molecule is Cc1nc(N2CCOCC2)[nH]c(=O)c1CCC(=O)NCCc1cccs1. The fourth-order valence-corrected chi connectivity index (χ4v) is 3.63. The molecule has 140 valence electrons. The zero-order valence-electron chi connectivity index (χ0n) is 14.9. The van der Waals surface area contributed by atoms with Gasteiger partial charge in [-0.3, -0.25) is 14.6 Å². The fraction of sp³-hybridized carbons (Fsp3) is 0.500. The number of morpholine rings is 1. The van der Waals surface area contributed by atoms with Crippen LogP contribution in [-0.2, 0) is 22.4 Å². The molecule has 7 nitrogen and oxygen atoms in total. The Hall–Kier alpha value is -2.19. The van der Waals surface area contributed by atoms with Gasteiger partial charge in [0.2, 0.25) is 11.9 Å². The van der Waals surface area contributed by atoms with E-state index in [0.29, 0.717) is 56.5 Å². The van der Waals surface area contributed by atoms with Crippen molar-refractivity contribution in [1.29, 1.82) is 0 Å². The van der Waals surface area contributed by atoms with Gasteiger partial charge in [0.25, 0.3) is 5.56 Å². The van der Waals surface area contributed by atoms with Crippen molar-refractivity contribution in [2.75, 3.05) is 37.7 Å². The van der Waals surface area contributed by atoms with Gasteiger partial charge in [0, 0.05) is 42.2 Å². The monoisotopic (exact) mass is 376 g/mol. The Bertz CT molecular complexity index is 782. The van der Waals surface area contributed by atoms with Crippen molar-refractivity contribution in [1.82, 2.24) is 15.3 Å². The van der Waals surface area contributed by atoms with E-state index in [1.54, 1.807) is 11.3 Å². The number of carbonyl (C=O) groups excluding carboxylic acids is 1. The number of carbonyl (C=O) groups is 1. The van der Waals surface area contributed by atoms with Crippen LogP contribution in [0.3, 0.4) is 0 Å². The molecule has 2 aromatic rings. The van der Waals surface area contributed by atoms with E-state index in [1.165, 1.54) is 4.88 Å². The number of hydrogen-bond donors (Lipinski definition) is 2. The quantitative estimate of drug-likeness (QED) is 0.760. The third-order valence-electron chi connectivity index (χ3n) is 4.40. The second-order valence-corrected chi connectivity index (χ2v) is 7.26. The maximum Gasteiger partial charge on any atom is 0.255 e. The Morgan fingerprint density at radius 3 is 2.88 bits per heavy atom. The number of anilines is 1. The summed E-state index contributed by atoms with van der Waals surface area (Å²) in [6, 6.07) is 4.06. The highest BCUT2D eigenvalue weighted by Crippen LogP contribution is 2.11. The Morgan fingerprint density at radius 1 is 1.38 bits per heavy atom. The molecule has 1 fully saturated rings. The minimum absolute atomic E-state index is 0.0439. The van der Waals surface area contributed by atoms with Crippen LogP contribution in [-0.4, -0.2) is 48.7 Å². The number of nitrogens with zero attached hydrogens (tertiary/aromatic N) is 2. The van der Waals surface area contributed by atoms with Crippen LogP contribution in [0.2, 0.25) is 0 Å². The van der Waals surface area contributed by atoms with Crippen molar-refractivity contribution in [3.63, 3.8) is 0 Å². The molecule has 1 amide bonds. The number of hydrogen-bond acceptors (Lipinski definition) is 6. The Balaban J connectivity index is 1.52. The van der Waals surface area contributed by atoms with Gasteiger partial charge in [-0.05, 0) is 31.2 Å². The summed E-state index contributed by atoms with van der Waals surface area (Å²) in [5.74, 6) is 0.539. The average molecular weight is 376 g/mol. The molecule has 3 rings (SSSR count). The van der Waals surface area contributed by atoms with Gasteiger partial charge >= 0.3 is 0 Å². The van der Waals surface area contributed by atoms with Crippen molar-refractivity contribution < 1.29 is 9.53 Å². The molecular weight excluding hydrogens is 352 g/mol. The van der Waals surface area contributed by atoms with E-state index in [4.69, 9.17) is 4.74 Å². The molecule has 26 heavy (non-hydrogen) atoms. The average Bonchev–Trinajstić information content (AvgIpc) is 3.15. The molecule has 1 aliphatic rings. The van der Waals surface area contributed by atoms with Gasteiger partial charge in [-0.25, -0.2) is 4.98 Å². The molecule has 0 radical (unpaired) electrons. The topological polar surface area (TPSA) is 87.3 Å². The van der Waals surface area contributed by atoms with Crippen molar-refractivity contribution in [2.45, 2.75) is 26.2 Å². The number of nitrogens with one attached hydrogen (secondary N) is 2. The highest BCUT2D eigenvalue weighted by atomic mass is 32.1. The van der Waals surface area contributed by atoms with Gasteiger partial charge in [-0.15, -0.1) is 11.3 Å². The molecule has 2 aromatic heterocycles. The number of amides is 1. The van der Waals surface area contributed by atoms with Crippen molar-refractivity contribution >= 4 is 23.2 Å². The van der Waals surface area contributed by atoms with Crippen LogP contribution in [0.25, 0.3) is 0 Å². The van der Waals surface area contributed by atoms with Crippen LogP contribution in [0.4, 0.5) is 5.95 Å². The molecule has 3 heterocycles. The van der Waals surface area contributed by atoms with E-state index in [1.807, 2.05) is 23.3 Å². The number of aromatic nitrogens is 2. The number of H-pyrrole nitrogens is 1. The van der Waals surface area contributed by atoms with E-state index < -0.39 is 0 Å². The molecule has 1 aliphatic heterocycles. The third-order valence-corrected chi connectivity index (χ3v) is 5.33. The van der Waals surface area contributed by atoms with Gasteiger partial charge in [0.15, 0.2) is 0 Å². The fourth-order valence-electron chi connectivity index (χ4n) is 2.92. The molecule has 0 saturated carbocycles. The predicted molar refractivity (Wildman–Crippen MR) is 102 cm³/mol. The molecule has 0 spiro atoms. The molecule has 0 aromatic carbocycles. The van der Waals surface area contributed by atoms with Crippen LogP contribution in [0.1, 0.15) is 22.6 Å². The van der Waals surface area contributed by atoms with Gasteiger partial charge in [-0.1, -0.05) is 6.07 Å². The zero-order chi connectivity index (χ0) is 18.4. The van der Waals surface area contributed by atoms with E-state index in [9.17, 15) is 9.59 Å². The summed E-state index contributed by atoms with van der Waals surface area (Å²) in [5, 5.41) is 4.93. The second kappa shape index (κ2) is 8.95. The summed E-state index contributed by atoms with van der Waals surface area (Å²) in [5.41, 5.74) is 1.10. The van der Waals surface area contributed by atoms with E-state index in [-0.39, 0.29) is 17.9 Å². The summed E-state index contributed by atoms with van der Waals surface area (Å²) in [6.45, 7) is 5.14. The molecule has 0 bridgehead atoms. The summed E-state index contributed by atoms with van der Waals surface area (Å²) in [7, 11) is 0. The highest BCUT2D eigenvalue weighted by Gasteiger charge is 2.16. The van der Waals surface area contributed by atoms with Gasteiger partial charge in [-0.2, -0.15) is 0 Å². The minimum atomic E-state index is -0.162. The lowest BCUT2D eigenvalue weighted by molar-refractivity contribution is -0.121. The van der Waals surface area contributed by atoms with Crippen LogP contribution in [0.15, 0.2) is 22.3 Å². The number of rotatable bonds is 7. The van der Waals surface area contributed by atoms with E-state index in [0.717, 1.165) is 6.42 Å². The standard InChI is InChI=1S/C18H24N4O3S/c1-13-15(4-5-16(23)19-7-6-14-3-2-12-26-14)17(24)21-18(20-13)22-8-10-25-11-9-22/h2-3,12H,4-11H2,1H3,(H,19,23)(H,20,21,24). The molecule has 0 unspecified atom stereocenters. The maximum atomic E-state index is 12.4. The van der Waals surface area contributed by atoms with Gasteiger partial charge < -0.3 is 15.0 Å². The largest absolute Gasteiger partial charge is 0.378 e. The third kappa shape index (κ3) is 4.92. The van der Waals surface area contributed by atoms with Gasteiger partial charge in [0.1, 0.15) is 0 Å². The molecule has 0 aliphatic carbocycles. The lowest BCUT2D eigenvalue weighted by atomic mass is 10.1. The minimum Gasteiger partial charge on any atom is -0.378 e. The predicted octanol–water partition coefficient (Wildman–Crippen LogP) is 1.27. The van der Waals surface area contributed by atoms with Crippen molar-refractivity contribution in [3.05, 3.63) is 44.0 Å². The number of ether oxygens (including phenoxy) is 1. The van der Waals surface area contributed by atoms with Crippen molar-refractivity contribution in [2.24, 2.45) is 0 Å². The molecule has 0 atom stereocenters. The summed E-state index contributed by atoms with van der Waals surface area (Å²) >= 11 is 1.68. The Kier molecular flexibility index (Phi) is 6.40. The van der Waals surface area contributed by atoms with Crippen LogP contribution >= 0.6 is 11.3 Å². The number of aromatic amines is 1. The summed E-state index contributed by atoms with van der Waals surface area (Å²) in [6.07, 6.45) is 1.51. The smallest absolute Gasteiger partial charge is 0.255 e. The van der Waals surface area contributed by atoms with E-state index in [2.05, 4.69) is 21.4 Å².